The van der Waals surface area contributed by atoms with Gasteiger partial charge in [0.1, 0.15) is 23.6 Å². The first-order chi connectivity index (χ1) is 12.4. The molecule has 2 aromatic heterocycles. The number of aliphatic hydroxyl groups excluding tert-OH is 1. The van der Waals surface area contributed by atoms with Crippen molar-refractivity contribution in [2.24, 2.45) is 5.92 Å². The SMILES string of the molecule is C[C@H]1C(O[Si](C)(C)C(C)(C)C)C(O)(c2ccc3c(N)ncnn23)O[C@@H]1CO. The van der Waals surface area contributed by atoms with Gasteiger partial charge in [-0.1, -0.05) is 27.7 Å². The summed E-state index contributed by atoms with van der Waals surface area (Å²) in [6.45, 7) is 12.4. The van der Waals surface area contributed by atoms with Crippen molar-refractivity contribution < 1.29 is 19.4 Å². The topological polar surface area (TPSA) is 115 Å². The zero-order valence-corrected chi connectivity index (χ0v) is 17.8. The van der Waals surface area contributed by atoms with Crippen LogP contribution < -0.4 is 5.73 Å². The molecule has 0 spiro atoms. The van der Waals surface area contributed by atoms with Gasteiger partial charge < -0.3 is 25.1 Å². The van der Waals surface area contributed by atoms with Crippen molar-refractivity contribution in [3.05, 3.63) is 24.2 Å². The maximum atomic E-state index is 11.6. The van der Waals surface area contributed by atoms with Crippen molar-refractivity contribution in [2.45, 2.75) is 63.8 Å². The predicted octanol–water partition coefficient (Wildman–Crippen LogP) is 1.87. The van der Waals surface area contributed by atoms with Gasteiger partial charge in [-0.05, 0) is 30.3 Å². The molecule has 4 N–H and O–H groups in total. The first-order valence-corrected chi connectivity index (χ1v) is 12.1. The molecule has 8 nitrogen and oxygen atoms in total. The Morgan fingerprint density at radius 2 is 2.04 bits per heavy atom. The molecule has 1 saturated heterocycles. The van der Waals surface area contributed by atoms with Crippen LogP contribution in [0.4, 0.5) is 5.82 Å². The first kappa shape index (κ1) is 20.2. The molecule has 3 rings (SSSR count). The number of rotatable bonds is 4. The lowest BCUT2D eigenvalue weighted by atomic mass is 9.95. The maximum absolute atomic E-state index is 11.6. The molecule has 2 unspecified atom stereocenters. The second kappa shape index (κ2) is 6.52. The molecule has 0 amide bonds. The van der Waals surface area contributed by atoms with Gasteiger partial charge in [-0.15, -0.1) is 0 Å². The van der Waals surface area contributed by atoms with Gasteiger partial charge in [0.15, 0.2) is 14.1 Å². The van der Waals surface area contributed by atoms with Crippen molar-refractivity contribution >= 4 is 19.7 Å². The van der Waals surface area contributed by atoms with Crippen LogP contribution in [0.2, 0.25) is 18.1 Å². The fourth-order valence-electron chi connectivity index (χ4n) is 3.27. The Balaban J connectivity index is 2.10. The molecule has 3 heterocycles. The predicted molar refractivity (Wildman–Crippen MR) is 104 cm³/mol. The quantitative estimate of drug-likeness (QED) is 0.678. The summed E-state index contributed by atoms with van der Waals surface area (Å²) in [5, 5.41) is 25.6. The molecule has 1 aliphatic heterocycles. The van der Waals surface area contributed by atoms with E-state index in [2.05, 4.69) is 43.9 Å². The van der Waals surface area contributed by atoms with Crippen LogP contribution in [0.5, 0.6) is 0 Å². The summed E-state index contributed by atoms with van der Waals surface area (Å²) in [4.78, 5) is 3.99. The average molecular weight is 395 g/mol. The van der Waals surface area contributed by atoms with E-state index in [9.17, 15) is 10.2 Å². The number of nitrogens with two attached hydrogens (primary N) is 1. The smallest absolute Gasteiger partial charge is 0.236 e. The Morgan fingerprint density at radius 1 is 1.37 bits per heavy atom. The fraction of sp³-hybridized carbons (Fsp3) is 0.667. The highest BCUT2D eigenvalue weighted by atomic mass is 28.4. The number of fused-ring (bicyclic) bond motifs is 1. The summed E-state index contributed by atoms with van der Waals surface area (Å²) in [6, 6.07) is 3.46. The third-order valence-electron chi connectivity index (χ3n) is 6.04. The Morgan fingerprint density at radius 3 is 2.63 bits per heavy atom. The highest BCUT2D eigenvalue weighted by molar-refractivity contribution is 6.74. The Bertz CT molecular complexity index is 834. The number of nitrogen functional groups attached to an aromatic ring is 1. The van der Waals surface area contributed by atoms with E-state index in [-0.39, 0.29) is 17.6 Å². The van der Waals surface area contributed by atoms with E-state index in [1.807, 2.05) is 6.92 Å². The van der Waals surface area contributed by atoms with Crippen LogP contribution in [0.1, 0.15) is 33.4 Å². The van der Waals surface area contributed by atoms with Crippen LogP contribution in [-0.4, -0.2) is 51.9 Å². The number of hydrogen-bond acceptors (Lipinski definition) is 7. The lowest BCUT2D eigenvalue weighted by molar-refractivity contribution is -0.239. The second-order valence-electron chi connectivity index (χ2n) is 8.85. The standard InChI is InChI=1S/C18H30N4O4Si/c1-11-13(9-23)25-18(24,15(11)26-27(5,6)17(2,3)4)14-8-7-12-16(19)20-10-21-22(12)14/h7-8,10-11,13,15,23-24H,9H2,1-6H3,(H2,19,20,21)/t11-,13-,15?,18?/m1/s1. The molecule has 27 heavy (non-hydrogen) atoms. The highest BCUT2D eigenvalue weighted by Crippen LogP contribution is 2.47. The van der Waals surface area contributed by atoms with Crippen LogP contribution in [-0.2, 0) is 14.9 Å². The van der Waals surface area contributed by atoms with E-state index in [0.29, 0.717) is 17.0 Å². The molecule has 150 valence electrons. The van der Waals surface area contributed by atoms with E-state index < -0.39 is 26.3 Å². The molecule has 1 fully saturated rings. The zero-order chi connectivity index (χ0) is 20.2. The molecule has 0 saturated carbocycles. The monoisotopic (exact) mass is 394 g/mol. The van der Waals surface area contributed by atoms with Crippen LogP contribution in [0.3, 0.4) is 0 Å². The molecule has 2 aromatic rings. The minimum atomic E-state index is -2.22. The summed E-state index contributed by atoms with van der Waals surface area (Å²) < 4.78 is 14.1. The molecule has 4 atom stereocenters. The molecule has 0 bridgehead atoms. The normalized spacial score (nSPS) is 29.6. The Kier molecular flexibility index (Phi) is 4.88. The first-order valence-electron chi connectivity index (χ1n) is 9.20. The molecule has 0 aromatic carbocycles. The minimum Gasteiger partial charge on any atom is -0.408 e. The minimum absolute atomic E-state index is 0.0429. The van der Waals surface area contributed by atoms with Gasteiger partial charge in [0.05, 0.1) is 12.7 Å². The second-order valence-corrected chi connectivity index (χ2v) is 13.6. The largest absolute Gasteiger partial charge is 0.408 e. The van der Waals surface area contributed by atoms with Crippen molar-refractivity contribution in [2.75, 3.05) is 12.3 Å². The van der Waals surface area contributed by atoms with Gasteiger partial charge in [0, 0.05) is 5.92 Å². The number of aliphatic hydroxyl groups is 2. The summed E-state index contributed by atoms with van der Waals surface area (Å²) in [6.07, 6.45) is 0.139. The van der Waals surface area contributed by atoms with Gasteiger partial charge in [-0.3, -0.25) is 0 Å². The Labute approximate surface area is 160 Å². The van der Waals surface area contributed by atoms with Gasteiger partial charge in [0.2, 0.25) is 5.79 Å². The molecule has 0 aliphatic carbocycles. The lowest BCUT2D eigenvalue weighted by Gasteiger charge is -2.42. The number of ether oxygens (including phenoxy) is 1. The van der Waals surface area contributed by atoms with E-state index in [1.54, 1.807) is 12.1 Å². The third kappa shape index (κ3) is 3.17. The highest BCUT2D eigenvalue weighted by Gasteiger charge is 2.58. The van der Waals surface area contributed by atoms with Gasteiger partial charge in [-0.25, -0.2) is 9.50 Å². The van der Waals surface area contributed by atoms with Gasteiger partial charge in [0.25, 0.3) is 0 Å². The summed E-state index contributed by atoms with van der Waals surface area (Å²) >= 11 is 0. The molecule has 1 aliphatic rings. The van der Waals surface area contributed by atoms with Gasteiger partial charge >= 0.3 is 0 Å². The van der Waals surface area contributed by atoms with E-state index in [4.69, 9.17) is 14.9 Å². The molecular weight excluding hydrogens is 364 g/mol. The molecular formula is C18H30N4O4Si. The number of hydrogen-bond donors (Lipinski definition) is 3. The van der Waals surface area contributed by atoms with E-state index in [1.165, 1.54) is 10.8 Å². The van der Waals surface area contributed by atoms with Crippen molar-refractivity contribution in [3.8, 4) is 0 Å². The number of aromatic nitrogens is 3. The maximum Gasteiger partial charge on any atom is 0.236 e. The van der Waals surface area contributed by atoms with E-state index >= 15 is 0 Å². The van der Waals surface area contributed by atoms with Crippen molar-refractivity contribution in [3.63, 3.8) is 0 Å². The van der Waals surface area contributed by atoms with Crippen LogP contribution in [0, 0.1) is 5.92 Å². The van der Waals surface area contributed by atoms with Crippen molar-refractivity contribution in [1.29, 1.82) is 0 Å². The van der Waals surface area contributed by atoms with Crippen molar-refractivity contribution in [1.82, 2.24) is 14.6 Å². The third-order valence-corrected chi connectivity index (χ3v) is 10.5. The lowest BCUT2D eigenvalue weighted by Crippen LogP contribution is -2.51. The van der Waals surface area contributed by atoms with Crippen LogP contribution >= 0.6 is 0 Å². The van der Waals surface area contributed by atoms with Gasteiger partial charge in [-0.2, -0.15) is 5.10 Å². The van der Waals surface area contributed by atoms with Crippen LogP contribution in [0.25, 0.3) is 5.52 Å². The molecule has 9 heteroatoms. The molecule has 0 radical (unpaired) electrons. The summed E-state index contributed by atoms with van der Waals surface area (Å²) in [5.74, 6) is -1.65. The average Bonchev–Trinajstić information content (AvgIpc) is 3.10. The zero-order valence-electron chi connectivity index (χ0n) is 16.8. The summed E-state index contributed by atoms with van der Waals surface area (Å²) in [5.41, 5.74) is 6.92. The van der Waals surface area contributed by atoms with E-state index in [0.717, 1.165) is 0 Å². The fourth-order valence-corrected chi connectivity index (χ4v) is 4.63. The number of anilines is 1. The summed E-state index contributed by atoms with van der Waals surface area (Å²) in [7, 11) is -2.22. The Hall–Kier alpha value is -1.52. The van der Waals surface area contributed by atoms with Crippen LogP contribution in [0.15, 0.2) is 18.5 Å². The number of nitrogens with zero attached hydrogens (tertiary/aromatic N) is 3.